The second kappa shape index (κ2) is 7.62. The molecule has 2 aromatic carbocycles. The first-order valence-electron chi connectivity index (χ1n) is 9.29. The van der Waals surface area contributed by atoms with Gasteiger partial charge in [0, 0.05) is 23.2 Å². The maximum absolute atomic E-state index is 12.5. The molecule has 0 saturated heterocycles. The van der Waals surface area contributed by atoms with Crippen LogP contribution in [0, 0.1) is 0 Å². The fourth-order valence-corrected chi connectivity index (χ4v) is 3.47. The van der Waals surface area contributed by atoms with E-state index in [-0.39, 0.29) is 11.3 Å². The number of H-pyrrole nitrogens is 1. The molecule has 0 bridgehead atoms. The Balaban J connectivity index is 1.39. The lowest BCUT2D eigenvalue weighted by Crippen LogP contribution is -2.16. The summed E-state index contributed by atoms with van der Waals surface area (Å²) in [6, 6.07) is 18.6. The van der Waals surface area contributed by atoms with E-state index in [1.165, 1.54) is 5.56 Å². The van der Waals surface area contributed by atoms with Crippen molar-refractivity contribution < 1.29 is 9.53 Å². The predicted octanol–water partition coefficient (Wildman–Crippen LogP) is 4.47. The van der Waals surface area contributed by atoms with Crippen molar-refractivity contribution in [1.82, 2.24) is 4.98 Å². The standard InChI is InChI=1S/C23H21NO3/c25-22(14-11-18-15-17-5-4-8-21(17)24-23(18)26)16-9-12-20(13-10-16)27-19-6-2-1-3-7-19/h1-3,6-7,9-10,12-13,15H,4-5,8,11,14H2,(H,24,26). The second-order valence-electron chi connectivity index (χ2n) is 6.84. The van der Waals surface area contributed by atoms with Crippen LogP contribution in [0.25, 0.3) is 0 Å². The van der Waals surface area contributed by atoms with Crippen molar-refractivity contribution in [3.05, 3.63) is 93.4 Å². The number of ether oxygens (including phenoxy) is 1. The van der Waals surface area contributed by atoms with E-state index in [4.69, 9.17) is 4.74 Å². The summed E-state index contributed by atoms with van der Waals surface area (Å²) >= 11 is 0. The number of nitrogens with one attached hydrogen (secondary N) is 1. The van der Waals surface area contributed by atoms with E-state index < -0.39 is 0 Å². The summed E-state index contributed by atoms with van der Waals surface area (Å²) in [6.45, 7) is 0. The number of carbonyl (C=O) groups excluding carboxylic acids is 1. The van der Waals surface area contributed by atoms with Crippen molar-refractivity contribution in [3.8, 4) is 11.5 Å². The maximum atomic E-state index is 12.5. The molecule has 0 spiro atoms. The molecule has 4 nitrogen and oxygen atoms in total. The predicted molar refractivity (Wildman–Crippen MR) is 105 cm³/mol. The van der Waals surface area contributed by atoms with Gasteiger partial charge >= 0.3 is 0 Å². The highest BCUT2D eigenvalue weighted by molar-refractivity contribution is 5.96. The van der Waals surface area contributed by atoms with Gasteiger partial charge in [-0.15, -0.1) is 0 Å². The average molecular weight is 359 g/mol. The highest BCUT2D eigenvalue weighted by Gasteiger charge is 2.15. The van der Waals surface area contributed by atoms with Crippen LogP contribution < -0.4 is 10.3 Å². The third kappa shape index (κ3) is 4.00. The summed E-state index contributed by atoms with van der Waals surface area (Å²) < 4.78 is 5.74. The SMILES string of the molecule is O=C(CCc1cc2c([nH]c1=O)CCC2)c1ccc(Oc2ccccc2)cc1. The quantitative estimate of drug-likeness (QED) is 0.661. The molecule has 3 aromatic rings. The molecule has 4 heteroatoms. The number of pyridine rings is 1. The zero-order valence-corrected chi connectivity index (χ0v) is 15.0. The van der Waals surface area contributed by atoms with E-state index in [9.17, 15) is 9.59 Å². The van der Waals surface area contributed by atoms with Crippen molar-refractivity contribution in [2.75, 3.05) is 0 Å². The smallest absolute Gasteiger partial charge is 0.251 e. The molecule has 4 rings (SSSR count). The highest BCUT2D eigenvalue weighted by Crippen LogP contribution is 2.22. The van der Waals surface area contributed by atoms with Crippen LogP contribution >= 0.6 is 0 Å². The molecule has 136 valence electrons. The topological polar surface area (TPSA) is 59.2 Å². The van der Waals surface area contributed by atoms with E-state index in [1.807, 2.05) is 36.4 Å². The number of hydrogen-bond acceptors (Lipinski definition) is 3. The number of fused-ring (bicyclic) bond motifs is 1. The summed E-state index contributed by atoms with van der Waals surface area (Å²) in [5, 5.41) is 0. The van der Waals surface area contributed by atoms with Crippen molar-refractivity contribution in [3.63, 3.8) is 0 Å². The van der Waals surface area contributed by atoms with Crippen LogP contribution in [-0.4, -0.2) is 10.8 Å². The van der Waals surface area contributed by atoms with Crippen molar-refractivity contribution in [1.29, 1.82) is 0 Å². The fraction of sp³-hybridized carbons (Fsp3) is 0.217. The highest BCUT2D eigenvalue weighted by atomic mass is 16.5. The number of aromatic amines is 1. The summed E-state index contributed by atoms with van der Waals surface area (Å²) in [5.41, 5.74) is 3.56. The lowest BCUT2D eigenvalue weighted by molar-refractivity contribution is 0.0982. The zero-order chi connectivity index (χ0) is 18.6. The number of carbonyl (C=O) groups is 1. The first-order chi connectivity index (χ1) is 13.2. The van der Waals surface area contributed by atoms with Crippen LogP contribution in [0.2, 0.25) is 0 Å². The molecule has 1 aliphatic carbocycles. The normalized spacial score (nSPS) is 12.6. The molecule has 0 saturated carbocycles. The monoisotopic (exact) mass is 359 g/mol. The van der Waals surface area contributed by atoms with Crippen molar-refractivity contribution >= 4 is 5.78 Å². The number of aromatic nitrogens is 1. The van der Waals surface area contributed by atoms with Crippen LogP contribution in [0.1, 0.15) is 40.0 Å². The van der Waals surface area contributed by atoms with E-state index >= 15 is 0 Å². The van der Waals surface area contributed by atoms with E-state index in [0.29, 0.717) is 29.7 Å². The van der Waals surface area contributed by atoms with E-state index in [1.54, 1.807) is 24.3 Å². The van der Waals surface area contributed by atoms with Crippen LogP contribution in [0.3, 0.4) is 0 Å². The van der Waals surface area contributed by atoms with Gasteiger partial charge in [0.05, 0.1) is 0 Å². The van der Waals surface area contributed by atoms with Gasteiger partial charge < -0.3 is 9.72 Å². The Labute approximate surface area is 157 Å². The lowest BCUT2D eigenvalue weighted by Gasteiger charge is -2.07. The van der Waals surface area contributed by atoms with Gasteiger partial charge in [0.15, 0.2) is 5.78 Å². The first kappa shape index (κ1) is 17.3. The molecule has 1 heterocycles. The Bertz CT molecular complexity index is 1000. The molecular weight excluding hydrogens is 338 g/mol. The first-order valence-corrected chi connectivity index (χ1v) is 9.29. The van der Waals surface area contributed by atoms with E-state index in [2.05, 4.69) is 4.98 Å². The minimum Gasteiger partial charge on any atom is -0.457 e. The molecule has 0 amide bonds. The van der Waals surface area contributed by atoms with E-state index in [0.717, 1.165) is 30.7 Å². The molecule has 0 fully saturated rings. The fourth-order valence-electron chi connectivity index (χ4n) is 3.47. The Morgan fingerprint density at radius 2 is 1.70 bits per heavy atom. The summed E-state index contributed by atoms with van der Waals surface area (Å²) in [7, 11) is 0. The van der Waals surface area contributed by atoms with Gasteiger partial charge in [0.25, 0.3) is 5.56 Å². The van der Waals surface area contributed by atoms with Crippen LogP contribution in [-0.2, 0) is 19.3 Å². The summed E-state index contributed by atoms with van der Waals surface area (Å²) in [6.07, 6.45) is 3.83. The average Bonchev–Trinajstić information content (AvgIpc) is 3.14. The Hall–Kier alpha value is -3.14. The third-order valence-corrected chi connectivity index (χ3v) is 4.94. The Kier molecular flexibility index (Phi) is 4.88. The van der Waals surface area contributed by atoms with Gasteiger partial charge in [-0.2, -0.15) is 0 Å². The summed E-state index contributed by atoms with van der Waals surface area (Å²) in [5.74, 6) is 1.47. The number of Topliss-reactive ketones (excluding diaryl/α,β-unsaturated/α-hetero) is 1. The Morgan fingerprint density at radius 3 is 2.48 bits per heavy atom. The summed E-state index contributed by atoms with van der Waals surface area (Å²) in [4.78, 5) is 27.6. The largest absolute Gasteiger partial charge is 0.457 e. The molecule has 0 radical (unpaired) electrons. The zero-order valence-electron chi connectivity index (χ0n) is 15.0. The van der Waals surface area contributed by atoms with Gasteiger partial charge in [-0.1, -0.05) is 18.2 Å². The van der Waals surface area contributed by atoms with Crippen LogP contribution in [0.5, 0.6) is 11.5 Å². The molecule has 27 heavy (non-hydrogen) atoms. The van der Waals surface area contributed by atoms with Crippen molar-refractivity contribution in [2.24, 2.45) is 0 Å². The lowest BCUT2D eigenvalue weighted by atomic mass is 10.0. The number of para-hydroxylation sites is 1. The molecule has 0 unspecified atom stereocenters. The van der Waals surface area contributed by atoms with Crippen LogP contribution in [0.4, 0.5) is 0 Å². The molecule has 1 aromatic heterocycles. The maximum Gasteiger partial charge on any atom is 0.251 e. The second-order valence-corrected chi connectivity index (χ2v) is 6.84. The van der Waals surface area contributed by atoms with Crippen LogP contribution in [0.15, 0.2) is 65.5 Å². The van der Waals surface area contributed by atoms with Gasteiger partial charge in [-0.05, 0) is 73.7 Å². The number of benzene rings is 2. The molecule has 0 aliphatic heterocycles. The van der Waals surface area contributed by atoms with Gasteiger partial charge in [0.1, 0.15) is 11.5 Å². The Morgan fingerprint density at radius 1 is 0.963 bits per heavy atom. The number of rotatable bonds is 6. The molecule has 1 aliphatic rings. The van der Waals surface area contributed by atoms with Gasteiger partial charge in [0.2, 0.25) is 0 Å². The molecular formula is C23H21NO3. The van der Waals surface area contributed by atoms with Gasteiger partial charge in [-0.25, -0.2) is 0 Å². The van der Waals surface area contributed by atoms with Crippen molar-refractivity contribution in [2.45, 2.75) is 32.1 Å². The number of ketones is 1. The minimum absolute atomic E-state index is 0.0289. The molecule has 0 atom stereocenters. The third-order valence-electron chi connectivity index (χ3n) is 4.94. The minimum atomic E-state index is -0.0601. The molecule has 1 N–H and O–H groups in total. The number of aryl methyl sites for hydroxylation is 3. The number of hydrogen-bond donors (Lipinski definition) is 1. The van der Waals surface area contributed by atoms with Gasteiger partial charge in [-0.3, -0.25) is 9.59 Å².